The van der Waals surface area contributed by atoms with Crippen molar-refractivity contribution < 1.29 is 42.6 Å². The Morgan fingerprint density at radius 2 is 1.75 bits per heavy atom. The Morgan fingerprint density at radius 3 is 2.10 bits per heavy atom. The van der Waals surface area contributed by atoms with Crippen LogP contribution in [0.1, 0.15) is 41.0 Å². The monoisotopic (exact) mass is 357 g/mol. The average molecular weight is 357 g/mol. The maximum absolute atomic E-state index is 12.4. The molecule has 0 amide bonds. The van der Waals surface area contributed by atoms with Crippen molar-refractivity contribution in [3.63, 3.8) is 0 Å². The molecule has 0 heterocycles. The van der Waals surface area contributed by atoms with Crippen LogP contribution in [0.3, 0.4) is 0 Å². The molecule has 0 aromatic carbocycles. The summed E-state index contributed by atoms with van der Waals surface area (Å²) in [4.78, 5) is 14.3. The second-order valence-electron chi connectivity index (χ2n) is 5.94. The maximum Gasteiger partial charge on any atom is 0.155 e. The molecule has 3 nitrogen and oxygen atoms in total. The van der Waals surface area contributed by atoms with Crippen LogP contribution in [-0.2, 0) is 37.5 Å². The first-order valence-electron chi connectivity index (χ1n) is 7.11. The molecule has 3 atom stereocenters. The zero-order valence-corrected chi connectivity index (χ0v) is 16.7. The minimum Gasteiger partial charge on any atom is -0.391 e. The number of Topliss-reactive ketones (excluding diaryl/α,β-unsaturated/α-hetero) is 1. The van der Waals surface area contributed by atoms with Gasteiger partial charge >= 0.3 is 0 Å². The quantitative estimate of drug-likeness (QED) is 0.679. The van der Waals surface area contributed by atoms with E-state index in [1.807, 2.05) is 52.6 Å². The molecule has 0 aromatic heterocycles. The molecule has 0 spiro atoms. The van der Waals surface area contributed by atoms with Gasteiger partial charge in [0.2, 0.25) is 0 Å². The van der Waals surface area contributed by atoms with Gasteiger partial charge in [-0.1, -0.05) is 27.2 Å². The molecule has 1 N–H and O–H groups in total. The zero-order chi connectivity index (χ0) is 15.2. The van der Waals surface area contributed by atoms with E-state index in [0.717, 1.165) is 6.42 Å². The topological polar surface area (TPSA) is 40.5 Å². The van der Waals surface area contributed by atoms with Crippen LogP contribution in [0.15, 0.2) is 12.2 Å². The number of aliphatic hydroxyl groups is 1. The normalized spacial score (nSPS) is 16.5. The Balaban J connectivity index is 0. The third-order valence-electron chi connectivity index (χ3n) is 3.69. The van der Waals surface area contributed by atoms with Crippen LogP contribution >= 0.6 is 0 Å². The van der Waals surface area contributed by atoms with Crippen molar-refractivity contribution >= 4 is 5.78 Å². The van der Waals surface area contributed by atoms with E-state index in [0.29, 0.717) is 0 Å². The van der Waals surface area contributed by atoms with Gasteiger partial charge in [-0.15, -0.1) is 0 Å². The van der Waals surface area contributed by atoms with Gasteiger partial charge in [0, 0.05) is 44.7 Å². The number of aliphatic hydroxyl groups excluding tert-OH is 1. The number of ketones is 1. The molecule has 0 aliphatic rings. The van der Waals surface area contributed by atoms with Gasteiger partial charge in [-0.3, -0.25) is 9.69 Å². The fourth-order valence-corrected chi connectivity index (χ4v) is 2.03. The van der Waals surface area contributed by atoms with E-state index in [-0.39, 0.29) is 56.4 Å². The summed E-state index contributed by atoms with van der Waals surface area (Å²) >= 11 is 0. The van der Waals surface area contributed by atoms with Crippen LogP contribution in [0, 0.1) is 18.8 Å². The molecular weight excluding hydrogens is 327 g/mol. The number of carbonyl (C=O) groups excluding carboxylic acids is 1. The largest absolute Gasteiger partial charge is 0.391 e. The molecule has 0 saturated heterocycles. The van der Waals surface area contributed by atoms with Crippen LogP contribution in [-0.4, -0.2) is 41.0 Å². The Labute approximate surface area is 150 Å². The summed E-state index contributed by atoms with van der Waals surface area (Å²) in [5, 5.41) is 10.5. The van der Waals surface area contributed by atoms with Gasteiger partial charge in [-0.2, -0.15) is 0 Å². The maximum atomic E-state index is 12.4. The summed E-state index contributed by atoms with van der Waals surface area (Å²) in [6.07, 6.45) is 3.74. The molecule has 0 fully saturated rings. The number of allylic oxidation sites excluding steroid dienone is 2. The van der Waals surface area contributed by atoms with Crippen molar-refractivity contribution in [2.45, 2.75) is 59.2 Å². The molecule has 0 aromatic rings. The van der Waals surface area contributed by atoms with Crippen LogP contribution in [0.2, 0.25) is 0 Å². The predicted octanol–water partition coefficient (Wildman–Crippen LogP) is 2.70. The molecular formula is C16H30NO2Y-. The number of likely N-dealkylation sites (N-methyl/N-ethyl adjacent to an activating group) is 1. The molecule has 0 aliphatic carbocycles. The van der Waals surface area contributed by atoms with Crippen molar-refractivity contribution in [1.29, 1.82) is 0 Å². The van der Waals surface area contributed by atoms with Gasteiger partial charge in [0.1, 0.15) is 0 Å². The SMILES string of the molecule is [CH2-]/C=C/C[C@@H](C)[C@@H](O)C(C(=O)C(C)C)N(C)C(C)C.[Y]. The molecule has 20 heavy (non-hydrogen) atoms. The van der Waals surface area contributed by atoms with Crippen molar-refractivity contribution in [3.05, 3.63) is 19.1 Å². The van der Waals surface area contributed by atoms with E-state index >= 15 is 0 Å². The minimum absolute atomic E-state index is 0. The van der Waals surface area contributed by atoms with E-state index in [1.54, 1.807) is 6.08 Å². The van der Waals surface area contributed by atoms with Crippen molar-refractivity contribution in [2.24, 2.45) is 11.8 Å². The first kappa shape index (κ1) is 22.6. The molecule has 4 heteroatoms. The number of rotatable bonds is 8. The van der Waals surface area contributed by atoms with Gasteiger partial charge in [0.05, 0.1) is 12.1 Å². The van der Waals surface area contributed by atoms with E-state index in [1.165, 1.54) is 0 Å². The summed E-state index contributed by atoms with van der Waals surface area (Å²) in [6, 6.07) is -0.217. The molecule has 0 rings (SSSR count). The standard InChI is InChI=1S/C16H30NO2.Y/c1-8-9-10-13(6)16(19)14(15(18)11(2)3)17(7)12(4)5;/h8-9,11-14,16,19H,1,10H2,2-7H3;/q-1;/b9-8+;/t13-,14?,16-;/m1./s1. The zero-order valence-electron chi connectivity index (χ0n) is 13.8. The van der Waals surface area contributed by atoms with E-state index in [4.69, 9.17) is 0 Å². The van der Waals surface area contributed by atoms with E-state index in [2.05, 4.69) is 6.92 Å². The third-order valence-corrected chi connectivity index (χ3v) is 3.69. The fraction of sp³-hybridized carbons (Fsp3) is 0.750. The molecule has 115 valence electrons. The van der Waals surface area contributed by atoms with Crippen LogP contribution in [0.5, 0.6) is 0 Å². The predicted molar refractivity (Wildman–Crippen MR) is 80.8 cm³/mol. The van der Waals surface area contributed by atoms with Crippen molar-refractivity contribution in [2.75, 3.05) is 7.05 Å². The number of hydrogen-bond donors (Lipinski definition) is 1. The molecule has 0 bridgehead atoms. The summed E-state index contributed by atoms with van der Waals surface area (Å²) in [5.74, 6) is 0.0671. The molecule has 0 aliphatic heterocycles. The Hall–Kier alpha value is 0.304. The smallest absolute Gasteiger partial charge is 0.155 e. The van der Waals surface area contributed by atoms with Crippen molar-refractivity contribution in [1.82, 2.24) is 4.90 Å². The second-order valence-corrected chi connectivity index (χ2v) is 5.94. The number of nitrogens with zero attached hydrogens (tertiary/aromatic N) is 1. The molecule has 1 radical (unpaired) electrons. The van der Waals surface area contributed by atoms with E-state index in [9.17, 15) is 9.90 Å². The minimum atomic E-state index is -0.654. The van der Waals surface area contributed by atoms with Gasteiger partial charge in [0.25, 0.3) is 0 Å². The summed E-state index contributed by atoms with van der Waals surface area (Å²) in [7, 11) is 1.91. The van der Waals surface area contributed by atoms with Crippen LogP contribution in [0.4, 0.5) is 0 Å². The van der Waals surface area contributed by atoms with Gasteiger partial charge < -0.3 is 5.11 Å². The van der Waals surface area contributed by atoms with Crippen molar-refractivity contribution in [3.8, 4) is 0 Å². The van der Waals surface area contributed by atoms with Crippen LogP contribution in [0.25, 0.3) is 0 Å². The first-order valence-corrected chi connectivity index (χ1v) is 7.11. The summed E-state index contributed by atoms with van der Waals surface area (Å²) < 4.78 is 0. The molecule has 0 saturated carbocycles. The summed E-state index contributed by atoms with van der Waals surface area (Å²) in [5.41, 5.74) is 0. The van der Waals surface area contributed by atoms with Gasteiger partial charge in [-0.25, -0.2) is 19.1 Å². The Bertz CT molecular complexity index is 303. The van der Waals surface area contributed by atoms with Gasteiger partial charge in [0.15, 0.2) is 5.78 Å². The fourth-order valence-electron chi connectivity index (χ4n) is 2.03. The first-order chi connectivity index (χ1) is 8.73. The number of carbonyl (C=O) groups is 1. The Morgan fingerprint density at radius 1 is 1.25 bits per heavy atom. The third kappa shape index (κ3) is 6.84. The summed E-state index contributed by atoms with van der Waals surface area (Å²) in [6.45, 7) is 13.5. The number of hydrogen-bond acceptors (Lipinski definition) is 3. The second kappa shape index (κ2) is 10.9. The van der Waals surface area contributed by atoms with Crippen LogP contribution < -0.4 is 0 Å². The van der Waals surface area contributed by atoms with E-state index < -0.39 is 12.1 Å². The Kier molecular flexibility index (Phi) is 12.4. The molecule has 1 unspecified atom stereocenters. The van der Waals surface area contributed by atoms with Gasteiger partial charge in [-0.05, 0) is 26.8 Å². The average Bonchev–Trinajstić information content (AvgIpc) is 2.35.